The largest absolute Gasteiger partial charge is 0.495 e. The summed E-state index contributed by atoms with van der Waals surface area (Å²) in [4.78, 5) is 0. The maximum Gasteiger partial charge on any atom is 0.146 e. The van der Waals surface area contributed by atoms with Gasteiger partial charge in [-0.05, 0) is 37.4 Å². The number of benzene rings is 1. The van der Waals surface area contributed by atoms with Crippen LogP contribution in [0.2, 0.25) is 5.02 Å². The van der Waals surface area contributed by atoms with Crippen LogP contribution >= 0.6 is 11.6 Å². The van der Waals surface area contributed by atoms with Gasteiger partial charge in [0.25, 0.3) is 0 Å². The van der Waals surface area contributed by atoms with Gasteiger partial charge in [0.1, 0.15) is 16.5 Å². The molecule has 0 aromatic heterocycles. The first kappa shape index (κ1) is 18.1. The molecule has 1 aromatic rings. The topological polar surface area (TPSA) is 30.5 Å². The van der Waals surface area contributed by atoms with E-state index in [2.05, 4.69) is 32.2 Å². The van der Waals surface area contributed by atoms with Crippen molar-refractivity contribution in [3.63, 3.8) is 0 Å². The molecule has 0 bridgehead atoms. The Balaban J connectivity index is 3.13. The quantitative estimate of drug-likeness (QED) is 0.708. The van der Waals surface area contributed by atoms with Crippen LogP contribution in [0.15, 0.2) is 12.1 Å². The Labute approximate surface area is 134 Å². The molecule has 0 fully saturated rings. The summed E-state index contributed by atoms with van der Waals surface area (Å²) < 4.78 is 10.8. The second-order valence-corrected chi connectivity index (χ2v) is 5.84. The predicted octanol–water partition coefficient (Wildman–Crippen LogP) is 4.83. The number of nitrogens with one attached hydrogen (secondary N) is 1. The molecule has 1 N–H and O–H groups in total. The third-order valence-corrected chi connectivity index (χ3v) is 4.23. The van der Waals surface area contributed by atoms with Gasteiger partial charge in [-0.15, -0.1) is 0 Å². The van der Waals surface area contributed by atoms with Crippen LogP contribution in [0.1, 0.15) is 51.6 Å². The Kier molecular flexibility index (Phi) is 7.91. The van der Waals surface area contributed by atoms with Gasteiger partial charge in [-0.2, -0.15) is 0 Å². The molecular weight excluding hydrogens is 286 g/mol. The Morgan fingerprint density at radius 2 is 1.90 bits per heavy atom. The molecule has 0 spiro atoms. The summed E-state index contributed by atoms with van der Waals surface area (Å²) >= 11 is 6.38. The van der Waals surface area contributed by atoms with E-state index in [1.54, 1.807) is 14.2 Å². The van der Waals surface area contributed by atoms with Gasteiger partial charge in [0.2, 0.25) is 0 Å². The lowest BCUT2D eigenvalue weighted by Crippen LogP contribution is -2.24. The molecule has 0 heterocycles. The van der Waals surface area contributed by atoms with E-state index in [4.69, 9.17) is 21.1 Å². The molecule has 1 rings (SSSR count). The summed E-state index contributed by atoms with van der Waals surface area (Å²) in [6.45, 7) is 7.65. The number of rotatable bonds is 9. The number of hydrogen-bond acceptors (Lipinski definition) is 3. The molecule has 4 heteroatoms. The summed E-state index contributed by atoms with van der Waals surface area (Å²) in [5.41, 5.74) is 1.11. The van der Waals surface area contributed by atoms with E-state index in [0.29, 0.717) is 22.4 Å². The average molecular weight is 314 g/mol. The van der Waals surface area contributed by atoms with Crippen molar-refractivity contribution < 1.29 is 9.47 Å². The average Bonchev–Trinajstić information content (AvgIpc) is 2.50. The zero-order valence-electron chi connectivity index (χ0n) is 13.8. The van der Waals surface area contributed by atoms with E-state index < -0.39 is 0 Å². The molecule has 1 aromatic carbocycles. The van der Waals surface area contributed by atoms with Gasteiger partial charge in [0.15, 0.2) is 0 Å². The smallest absolute Gasteiger partial charge is 0.146 e. The summed E-state index contributed by atoms with van der Waals surface area (Å²) in [6.07, 6.45) is 3.33. The van der Waals surface area contributed by atoms with Crippen LogP contribution in [0.5, 0.6) is 11.5 Å². The van der Waals surface area contributed by atoms with Gasteiger partial charge < -0.3 is 14.8 Å². The lowest BCUT2D eigenvalue weighted by Gasteiger charge is -2.25. The molecule has 0 aliphatic carbocycles. The molecule has 0 radical (unpaired) electrons. The minimum atomic E-state index is 0.248. The monoisotopic (exact) mass is 313 g/mol. The summed E-state index contributed by atoms with van der Waals surface area (Å²) in [6, 6.07) is 4.22. The number of methoxy groups -OCH3 is 2. The third kappa shape index (κ3) is 4.79. The molecule has 3 nitrogen and oxygen atoms in total. The van der Waals surface area contributed by atoms with Crippen LogP contribution in [0, 0.1) is 5.92 Å². The highest BCUT2D eigenvalue weighted by Gasteiger charge is 2.21. The zero-order valence-corrected chi connectivity index (χ0v) is 14.6. The molecule has 0 aliphatic heterocycles. The van der Waals surface area contributed by atoms with Crippen molar-refractivity contribution in [3.8, 4) is 11.5 Å². The van der Waals surface area contributed by atoms with E-state index in [-0.39, 0.29) is 6.04 Å². The van der Waals surface area contributed by atoms with E-state index >= 15 is 0 Å². The van der Waals surface area contributed by atoms with E-state index in [0.717, 1.165) is 31.4 Å². The van der Waals surface area contributed by atoms with Crippen molar-refractivity contribution in [2.24, 2.45) is 5.92 Å². The van der Waals surface area contributed by atoms with Gasteiger partial charge >= 0.3 is 0 Å². The molecule has 0 amide bonds. The first-order chi connectivity index (χ1) is 10.1. The van der Waals surface area contributed by atoms with E-state index in [1.807, 2.05) is 6.07 Å². The molecular formula is C17H28ClNO2. The fourth-order valence-corrected chi connectivity index (χ4v) is 2.73. The fraction of sp³-hybridized carbons (Fsp3) is 0.647. The van der Waals surface area contributed by atoms with Crippen LogP contribution in [0.3, 0.4) is 0 Å². The SMILES string of the molecule is CCCNC(CC(C)CC)c1ccc(OC)c(Cl)c1OC. The first-order valence-corrected chi connectivity index (χ1v) is 8.10. The molecule has 0 aliphatic rings. The maximum absolute atomic E-state index is 6.38. The molecule has 0 saturated heterocycles. The van der Waals surface area contributed by atoms with Gasteiger partial charge in [-0.25, -0.2) is 0 Å². The summed E-state index contributed by atoms with van der Waals surface area (Å²) in [5.74, 6) is 2.01. The Hall–Kier alpha value is -0.930. The standard InChI is InChI=1S/C17H28ClNO2/c1-6-10-19-14(11-12(3)7-2)13-8-9-15(20-4)16(18)17(13)21-5/h8-9,12,14,19H,6-7,10-11H2,1-5H3. The minimum absolute atomic E-state index is 0.248. The van der Waals surface area contributed by atoms with Crippen molar-refractivity contribution in [1.82, 2.24) is 5.32 Å². The van der Waals surface area contributed by atoms with Crippen LogP contribution in [-0.4, -0.2) is 20.8 Å². The van der Waals surface area contributed by atoms with Crippen LogP contribution < -0.4 is 14.8 Å². The second kappa shape index (κ2) is 9.16. The zero-order chi connectivity index (χ0) is 15.8. The molecule has 120 valence electrons. The Bertz CT molecular complexity index is 437. The van der Waals surface area contributed by atoms with E-state index in [1.165, 1.54) is 0 Å². The van der Waals surface area contributed by atoms with E-state index in [9.17, 15) is 0 Å². The van der Waals surface area contributed by atoms with Crippen molar-refractivity contribution >= 4 is 11.6 Å². The normalized spacial score (nSPS) is 13.8. The fourth-order valence-electron chi connectivity index (χ4n) is 2.40. The minimum Gasteiger partial charge on any atom is -0.495 e. The van der Waals surface area contributed by atoms with Crippen LogP contribution in [-0.2, 0) is 0 Å². The molecule has 2 atom stereocenters. The van der Waals surface area contributed by atoms with Gasteiger partial charge in [0.05, 0.1) is 14.2 Å². The second-order valence-electron chi connectivity index (χ2n) is 5.46. The lowest BCUT2D eigenvalue weighted by atomic mass is 9.93. The van der Waals surface area contributed by atoms with Crippen molar-refractivity contribution in [2.45, 2.75) is 46.1 Å². The molecule has 0 saturated carbocycles. The van der Waals surface area contributed by atoms with Gasteiger partial charge in [-0.1, -0.05) is 38.8 Å². The highest BCUT2D eigenvalue weighted by atomic mass is 35.5. The highest BCUT2D eigenvalue weighted by Crippen LogP contribution is 2.40. The van der Waals surface area contributed by atoms with Crippen LogP contribution in [0.25, 0.3) is 0 Å². The van der Waals surface area contributed by atoms with Gasteiger partial charge in [-0.3, -0.25) is 0 Å². The van der Waals surface area contributed by atoms with Crippen LogP contribution in [0.4, 0.5) is 0 Å². The number of ether oxygens (including phenoxy) is 2. The predicted molar refractivity (Wildman–Crippen MR) is 89.7 cm³/mol. The summed E-state index contributed by atoms with van der Waals surface area (Å²) in [7, 11) is 3.27. The lowest BCUT2D eigenvalue weighted by molar-refractivity contribution is 0.365. The summed E-state index contributed by atoms with van der Waals surface area (Å²) in [5, 5.41) is 4.16. The first-order valence-electron chi connectivity index (χ1n) is 7.72. The van der Waals surface area contributed by atoms with Crippen molar-refractivity contribution in [1.29, 1.82) is 0 Å². The number of halogens is 1. The highest BCUT2D eigenvalue weighted by molar-refractivity contribution is 6.33. The maximum atomic E-state index is 6.38. The van der Waals surface area contributed by atoms with Crippen molar-refractivity contribution in [2.75, 3.05) is 20.8 Å². The molecule has 2 unspecified atom stereocenters. The van der Waals surface area contributed by atoms with Gasteiger partial charge in [0, 0.05) is 11.6 Å². The Morgan fingerprint density at radius 3 is 2.43 bits per heavy atom. The third-order valence-electron chi connectivity index (χ3n) is 3.87. The number of hydrogen-bond donors (Lipinski definition) is 1. The molecule has 21 heavy (non-hydrogen) atoms. The Morgan fingerprint density at radius 1 is 1.19 bits per heavy atom. The van der Waals surface area contributed by atoms with Crippen molar-refractivity contribution in [3.05, 3.63) is 22.7 Å².